The van der Waals surface area contributed by atoms with Gasteiger partial charge in [0.2, 0.25) is 0 Å². The molecule has 2 N–H and O–H groups in total. The molecule has 0 bridgehead atoms. The zero-order chi connectivity index (χ0) is 16.1. The Morgan fingerprint density at radius 3 is 2.55 bits per heavy atom. The number of hydrogen-bond donors (Lipinski definition) is 1. The van der Waals surface area contributed by atoms with Crippen molar-refractivity contribution in [1.82, 2.24) is 0 Å². The summed E-state index contributed by atoms with van der Waals surface area (Å²) < 4.78 is 10.3. The van der Waals surface area contributed by atoms with Gasteiger partial charge in [0.15, 0.2) is 0 Å². The highest BCUT2D eigenvalue weighted by atomic mass is 35.5. The van der Waals surface area contributed by atoms with Gasteiger partial charge >= 0.3 is 5.97 Å². The molecule has 2 aromatic rings. The van der Waals surface area contributed by atoms with Crippen molar-refractivity contribution in [3.63, 3.8) is 0 Å². The van der Waals surface area contributed by atoms with E-state index < -0.39 is 5.97 Å². The molecule has 0 aliphatic carbocycles. The Morgan fingerprint density at radius 2 is 1.86 bits per heavy atom. The lowest BCUT2D eigenvalue weighted by Crippen LogP contribution is -2.12. The first-order valence-corrected chi connectivity index (χ1v) is 7.04. The molecule has 0 saturated carbocycles. The van der Waals surface area contributed by atoms with Crippen LogP contribution in [0.25, 0.3) is 6.08 Å². The van der Waals surface area contributed by atoms with Gasteiger partial charge in [0.1, 0.15) is 17.2 Å². The third-order valence-electron chi connectivity index (χ3n) is 2.76. The summed E-state index contributed by atoms with van der Waals surface area (Å²) in [6, 6.07) is 12.0. The van der Waals surface area contributed by atoms with Crippen LogP contribution < -0.4 is 10.5 Å². The van der Waals surface area contributed by atoms with E-state index in [0.29, 0.717) is 27.1 Å². The van der Waals surface area contributed by atoms with Gasteiger partial charge < -0.3 is 15.2 Å². The van der Waals surface area contributed by atoms with Gasteiger partial charge in [-0.2, -0.15) is 0 Å². The Balaban J connectivity index is 2.41. The first-order chi connectivity index (χ1) is 10.5. The van der Waals surface area contributed by atoms with Crippen LogP contribution in [0.15, 0.2) is 48.2 Å². The average Bonchev–Trinajstić information content (AvgIpc) is 2.51. The first kappa shape index (κ1) is 16.2. The quantitative estimate of drug-likeness (QED) is 0.668. The van der Waals surface area contributed by atoms with Gasteiger partial charge in [0, 0.05) is 16.7 Å². The summed E-state index contributed by atoms with van der Waals surface area (Å²) in [6.45, 7) is 0. The van der Waals surface area contributed by atoms with Crippen molar-refractivity contribution in [2.45, 2.75) is 0 Å². The zero-order valence-electron chi connectivity index (χ0n) is 11.7. The number of carbonyl (C=O) groups is 1. The molecule has 114 valence electrons. The van der Waals surface area contributed by atoms with Crippen LogP contribution in [0.5, 0.6) is 11.5 Å². The van der Waals surface area contributed by atoms with Gasteiger partial charge in [-0.1, -0.05) is 35.3 Å². The van der Waals surface area contributed by atoms with E-state index in [1.165, 1.54) is 13.2 Å². The fraction of sp³-hybridized carbons (Fsp3) is 0.0625. The number of methoxy groups -OCH3 is 1. The second kappa shape index (κ2) is 7.20. The molecule has 0 unspecified atom stereocenters. The van der Waals surface area contributed by atoms with Gasteiger partial charge in [0.05, 0.1) is 12.1 Å². The summed E-state index contributed by atoms with van der Waals surface area (Å²) in [5.74, 6) is 0.267. The van der Waals surface area contributed by atoms with Gasteiger partial charge in [-0.15, -0.1) is 0 Å². The average molecular weight is 338 g/mol. The third kappa shape index (κ3) is 3.93. The number of benzene rings is 2. The molecule has 0 spiro atoms. The molecule has 0 fully saturated rings. The van der Waals surface area contributed by atoms with E-state index in [0.717, 1.165) is 0 Å². The fourth-order valence-electron chi connectivity index (χ4n) is 1.71. The van der Waals surface area contributed by atoms with Crippen LogP contribution in [0.3, 0.4) is 0 Å². The Kier molecular flexibility index (Phi) is 5.31. The first-order valence-electron chi connectivity index (χ1n) is 6.28. The minimum absolute atomic E-state index is 0.0474. The van der Waals surface area contributed by atoms with Gasteiger partial charge in [-0.3, -0.25) is 0 Å². The summed E-state index contributed by atoms with van der Waals surface area (Å²) in [5.41, 5.74) is 6.19. The van der Waals surface area contributed by atoms with E-state index in [9.17, 15) is 4.79 Å². The number of carbonyl (C=O) groups excluding carboxylic acids is 1. The van der Waals surface area contributed by atoms with Crippen molar-refractivity contribution in [1.29, 1.82) is 0 Å². The third-order valence-corrected chi connectivity index (χ3v) is 3.31. The normalized spacial score (nSPS) is 11.1. The van der Waals surface area contributed by atoms with Crippen LogP contribution in [-0.2, 0) is 9.53 Å². The second-order valence-electron chi connectivity index (χ2n) is 4.31. The van der Waals surface area contributed by atoms with E-state index in [4.69, 9.17) is 33.7 Å². The molecule has 0 saturated heterocycles. The molecular formula is C16H13Cl2NO3. The maximum Gasteiger partial charge on any atom is 0.353 e. The van der Waals surface area contributed by atoms with Crippen LogP contribution in [-0.4, -0.2) is 13.1 Å². The maximum absolute atomic E-state index is 11.4. The summed E-state index contributed by atoms with van der Waals surface area (Å²) in [5, 5.41) is 0.939. The second-order valence-corrected chi connectivity index (χ2v) is 5.15. The van der Waals surface area contributed by atoms with Crippen molar-refractivity contribution >= 4 is 35.2 Å². The Bertz CT molecular complexity index is 729. The highest BCUT2D eigenvalue weighted by Gasteiger charge is 2.10. The van der Waals surface area contributed by atoms with Crippen LogP contribution in [0.4, 0.5) is 0 Å². The molecule has 0 aromatic heterocycles. The molecule has 0 radical (unpaired) electrons. The van der Waals surface area contributed by atoms with E-state index in [1.807, 2.05) is 0 Å². The SMILES string of the molecule is COC(=O)/C(N)=C/c1ccc(Cl)cc1Oc1ccccc1Cl. The number of ether oxygens (including phenoxy) is 2. The molecule has 0 aliphatic rings. The summed E-state index contributed by atoms with van der Waals surface area (Å²) in [7, 11) is 1.26. The summed E-state index contributed by atoms with van der Waals surface area (Å²) >= 11 is 12.1. The lowest BCUT2D eigenvalue weighted by atomic mass is 10.1. The van der Waals surface area contributed by atoms with E-state index >= 15 is 0 Å². The Labute approximate surface area is 138 Å². The molecule has 4 nitrogen and oxygen atoms in total. The predicted octanol–water partition coefficient (Wildman–Crippen LogP) is 4.26. The van der Waals surface area contributed by atoms with Crippen molar-refractivity contribution in [3.05, 3.63) is 63.8 Å². The smallest absolute Gasteiger partial charge is 0.353 e. The maximum atomic E-state index is 11.4. The topological polar surface area (TPSA) is 61.5 Å². The van der Waals surface area contributed by atoms with E-state index in [2.05, 4.69) is 4.74 Å². The van der Waals surface area contributed by atoms with Gasteiger partial charge in [-0.25, -0.2) is 4.79 Å². The molecule has 6 heteroatoms. The standard InChI is InChI=1S/C16H13Cl2NO3/c1-21-16(20)13(19)8-10-6-7-11(17)9-15(10)22-14-5-3-2-4-12(14)18/h2-9H,19H2,1H3/b13-8-. The monoisotopic (exact) mass is 337 g/mol. The fourth-order valence-corrected chi connectivity index (χ4v) is 2.04. The lowest BCUT2D eigenvalue weighted by Gasteiger charge is -2.11. The minimum atomic E-state index is -0.626. The van der Waals surface area contributed by atoms with Crippen molar-refractivity contribution in [2.75, 3.05) is 7.11 Å². The molecule has 0 heterocycles. The van der Waals surface area contributed by atoms with E-state index in [-0.39, 0.29) is 5.70 Å². The Morgan fingerprint density at radius 1 is 1.14 bits per heavy atom. The minimum Gasteiger partial charge on any atom is -0.464 e. The lowest BCUT2D eigenvalue weighted by molar-refractivity contribution is -0.136. The Hall–Kier alpha value is -2.17. The largest absolute Gasteiger partial charge is 0.464 e. The number of para-hydroxylation sites is 1. The van der Waals surface area contributed by atoms with Crippen LogP contribution in [0.1, 0.15) is 5.56 Å². The molecule has 2 aromatic carbocycles. The van der Waals surface area contributed by atoms with E-state index in [1.54, 1.807) is 42.5 Å². The molecule has 0 atom stereocenters. The van der Waals surface area contributed by atoms with Crippen LogP contribution in [0.2, 0.25) is 10.0 Å². The van der Waals surface area contributed by atoms with Crippen molar-refractivity contribution in [2.24, 2.45) is 5.73 Å². The van der Waals surface area contributed by atoms with Crippen molar-refractivity contribution < 1.29 is 14.3 Å². The number of esters is 1. The summed E-state index contributed by atoms with van der Waals surface area (Å²) in [6.07, 6.45) is 1.45. The highest BCUT2D eigenvalue weighted by Crippen LogP contribution is 2.33. The zero-order valence-corrected chi connectivity index (χ0v) is 13.2. The molecular weight excluding hydrogens is 325 g/mol. The molecule has 0 amide bonds. The number of halogens is 2. The molecule has 2 rings (SSSR count). The molecule has 22 heavy (non-hydrogen) atoms. The number of rotatable bonds is 4. The number of hydrogen-bond acceptors (Lipinski definition) is 4. The van der Waals surface area contributed by atoms with Crippen LogP contribution >= 0.6 is 23.2 Å². The van der Waals surface area contributed by atoms with Crippen molar-refractivity contribution in [3.8, 4) is 11.5 Å². The summed E-state index contributed by atoms with van der Waals surface area (Å²) in [4.78, 5) is 11.4. The van der Waals surface area contributed by atoms with Crippen LogP contribution in [0, 0.1) is 0 Å². The van der Waals surface area contributed by atoms with Gasteiger partial charge in [-0.05, 0) is 30.3 Å². The molecule has 0 aliphatic heterocycles. The highest BCUT2D eigenvalue weighted by molar-refractivity contribution is 6.32. The number of nitrogens with two attached hydrogens (primary N) is 1. The predicted molar refractivity (Wildman–Crippen MR) is 87.2 cm³/mol. The van der Waals surface area contributed by atoms with Gasteiger partial charge in [0.25, 0.3) is 0 Å².